The highest BCUT2D eigenvalue weighted by molar-refractivity contribution is 6.09. The second kappa shape index (κ2) is 5.74. The van der Waals surface area contributed by atoms with E-state index in [4.69, 9.17) is 11.5 Å². The molecule has 0 aliphatic rings. The number of benzene rings is 3. The minimum absolute atomic E-state index is 0.0103. The van der Waals surface area contributed by atoms with Crippen LogP contribution < -0.4 is 11.5 Å². The fourth-order valence-corrected chi connectivity index (χ4v) is 2.29. The predicted molar refractivity (Wildman–Crippen MR) is 90.6 cm³/mol. The van der Waals surface area contributed by atoms with Crippen molar-refractivity contribution >= 4 is 17.2 Å². The van der Waals surface area contributed by atoms with Gasteiger partial charge in [-0.2, -0.15) is 0 Å². The number of rotatable bonds is 3. The van der Waals surface area contributed by atoms with Crippen LogP contribution >= 0.6 is 0 Å². The van der Waals surface area contributed by atoms with Gasteiger partial charge in [-0.3, -0.25) is 4.79 Å². The Kier molecular flexibility index (Phi) is 3.62. The molecule has 0 atom stereocenters. The molecule has 0 aliphatic heterocycles. The van der Waals surface area contributed by atoms with Gasteiger partial charge in [-0.15, -0.1) is 0 Å². The molecule has 0 spiro atoms. The molecule has 3 aromatic carbocycles. The monoisotopic (exact) mass is 288 g/mol. The van der Waals surface area contributed by atoms with Crippen LogP contribution in [0.4, 0.5) is 11.4 Å². The van der Waals surface area contributed by atoms with Crippen molar-refractivity contribution in [2.75, 3.05) is 11.5 Å². The van der Waals surface area contributed by atoms with Crippen LogP contribution in [-0.2, 0) is 0 Å². The van der Waals surface area contributed by atoms with Crippen molar-refractivity contribution in [3.05, 3.63) is 83.9 Å². The molecule has 3 nitrogen and oxygen atoms in total. The third-order valence-electron chi connectivity index (χ3n) is 3.56. The molecular weight excluding hydrogens is 272 g/mol. The zero-order valence-electron chi connectivity index (χ0n) is 12.0. The average Bonchev–Trinajstić information content (AvgIpc) is 2.56. The molecule has 3 heteroatoms. The Labute approximate surface area is 129 Å². The summed E-state index contributed by atoms with van der Waals surface area (Å²) >= 11 is 0. The van der Waals surface area contributed by atoms with E-state index in [-0.39, 0.29) is 5.78 Å². The topological polar surface area (TPSA) is 69.1 Å². The lowest BCUT2D eigenvalue weighted by molar-refractivity contribution is 0.103. The Balaban J connectivity index is 1.86. The second-order valence-electron chi connectivity index (χ2n) is 5.15. The molecule has 0 saturated heterocycles. The molecule has 0 fully saturated rings. The van der Waals surface area contributed by atoms with Gasteiger partial charge in [-0.25, -0.2) is 0 Å². The first kappa shape index (κ1) is 13.9. The number of hydrogen-bond donors (Lipinski definition) is 2. The van der Waals surface area contributed by atoms with Crippen LogP contribution in [0.2, 0.25) is 0 Å². The van der Waals surface area contributed by atoms with Crippen LogP contribution in [0.3, 0.4) is 0 Å². The van der Waals surface area contributed by atoms with Crippen LogP contribution in [0.1, 0.15) is 15.9 Å². The minimum Gasteiger partial charge on any atom is -0.399 e. The van der Waals surface area contributed by atoms with E-state index in [1.54, 1.807) is 24.3 Å². The SMILES string of the molecule is Nc1ccc(C(=O)c2ccc(-c3ccc(N)cc3)cc2)cc1. The standard InChI is InChI=1S/C19H16N2O/c20-17-9-5-14(6-10-17)13-1-3-15(4-2-13)19(22)16-7-11-18(21)12-8-16/h1-12H,20-21H2. The quantitative estimate of drug-likeness (QED) is 0.569. The molecule has 0 aromatic heterocycles. The number of nitrogens with two attached hydrogens (primary N) is 2. The van der Waals surface area contributed by atoms with Gasteiger partial charge in [-0.05, 0) is 47.5 Å². The molecule has 0 aliphatic carbocycles. The maximum atomic E-state index is 12.4. The molecule has 0 saturated carbocycles. The molecule has 0 unspecified atom stereocenters. The summed E-state index contributed by atoms with van der Waals surface area (Å²) in [5.74, 6) is -0.0103. The molecule has 108 valence electrons. The summed E-state index contributed by atoms with van der Waals surface area (Å²) < 4.78 is 0. The van der Waals surface area contributed by atoms with Gasteiger partial charge in [0, 0.05) is 22.5 Å². The van der Waals surface area contributed by atoms with Gasteiger partial charge in [0.15, 0.2) is 5.78 Å². The van der Waals surface area contributed by atoms with Crippen LogP contribution in [-0.4, -0.2) is 5.78 Å². The Morgan fingerprint density at radius 1 is 0.545 bits per heavy atom. The van der Waals surface area contributed by atoms with Crippen LogP contribution in [0.25, 0.3) is 11.1 Å². The Morgan fingerprint density at radius 2 is 0.864 bits per heavy atom. The van der Waals surface area contributed by atoms with Crippen molar-refractivity contribution in [3.63, 3.8) is 0 Å². The lowest BCUT2D eigenvalue weighted by atomic mass is 9.99. The van der Waals surface area contributed by atoms with Gasteiger partial charge < -0.3 is 11.5 Å². The van der Waals surface area contributed by atoms with Crippen LogP contribution in [0.15, 0.2) is 72.8 Å². The summed E-state index contributed by atoms with van der Waals surface area (Å²) in [5, 5.41) is 0. The molecule has 22 heavy (non-hydrogen) atoms. The number of hydrogen-bond acceptors (Lipinski definition) is 3. The first-order chi connectivity index (χ1) is 10.6. The number of carbonyl (C=O) groups excluding carboxylic acids is 1. The van der Waals surface area contributed by atoms with Gasteiger partial charge in [0.25, 0.3) is 0 Å². The number of anilines is 2. The normalized spacial score (nSPS) is 10.4. The third-order valence-corrected chi connectivity index (χ3v) is 3.56. The molecule has 0 bridgehead atoms. The van der Waals surface area contributed by atoms with E-state index in [1.165, 1.54) is 0 Å². The van der Waals surface area contributed by atoms with Crippen molar-refractivity contribution in [1.29, 1.82) is 0 Å². The first-order valence-corrected chi connectivity index (χ1v) is 7.00. The largest absolute Gasteiger partial charge is 0.399 e. The van der Waals surface area contributed by atoms with E-state index in [1.807, 2.05) is 48.5 Å². The van der Waals surface area contributed by atoms with E-state index in [2.05, 4.69) is 0 Å². The zero-order valence-corrected chi connectivity index (χ0v) is 12.0. The van der Waals surface area contributed by atoms with Gasteiger partial charge in [-0.1, -0.05) is 36.4 Å². The Bertz CT molecular complexity index is 788. The van der Waals surface area contributed by atoms with Crippen molar-refractivity contribution in [2.45, 2.75) is 0 Å². The molecule has 0 heterocycles. The van der Waals surface area contributed by atoms with E-state index >= 15 is 0 Å². The summed E-state index contributed by atoms with van der Waals surface area (Å²) in [6, 6.07) is 22.2. The highest BCUT2D eigenvalue weighted by atomic mass is 16.1. The lowest BCUT2D eigenvalue weighted by Gasteiger charge is -2.05. The zero-order chi connectivity index (χ0) is 15.5. The maximum absolute atomic E-state index is 12.4. The fraction of sp³-hybridized carbons (Fsp3) is 0. The number of ketones is 1. The Morgan fingerprint density at radius 3 is 1.32 bits per heavy atom. The minimum atomic E-state index is -0.0103. The average molecular weight is 288 g/mol. The highest BCUT2D eigenvalue weighted by Crippen LogP contribution is 2.22. The van der Waals surface area contributed by atoms with Crippen molar-refractivity contribution < 1.29 is 4.79 Å². The Hall–Kier alpha value is -3.07. The van der Waals surface area contributed by atoms with Gasteiger partial charge in [0.1, 0.15) is 0 Å². The van der Waals surface area contributed by atoms with Crippen molar-refractivity contribution in [1.82, 2.24) is 0 Å². The summed E-state index contributed by atoms with van der Waals surface area (Å²) in [6.07, 6.45) is 0. The van der Waals surface area contributed by atoms with E-state index < -0.39 is 0 Å². The molecule has 3 aromatic rings. The highest BCUT2D eigenvalue weighted by Gasteiger charge is 2.09. The molecule has 4 N–H and O–H groups in total. The fourth-order valence-electron chi connectivity index (χ4n) is 2.29. The summed E-state index contributed by atoms with van der Waals surface area (Å²) in [4.78, 5) is 12.4. The van der Waals surface area contributed by atoms with E-state index in [0.29, 0.717) is 16.8 Å². The van der Waals surface area contributed by atoms with Gasteiger partial charge in [0.2, 0.25) is 0 Å². The number of nitrogen functional groups attached to an aromatic ring is 2. The van der Waals surface area contributed by atoms with Gasteiger partial charge >= 0.3 is 0 Å². The molecule has 3 rings (SSSR count). The van der Waals surface area contributed by atoms with Crippen molar-refractivity contribution in [3.8, 4) is 11.1 Å². The maximum Gasteiger partial charge on any atom is 0.193 e. The summed E-state index contributed by atoms with van der Waals surface area (Å²) in [5.41, 5.74) is 16.1. The number of carbonyl (C=O) groups is 1. The summed E-state index contributed by atoms with van der Waals surface area (Å²) in [6.45, 7) is 0. The molecular formula is C19H16N2O. The smallest absolute Gasteiger partial charge is 0.193 e. The molecule has 0 radical (unpaired) electrons. The predicted octanol–water partition coefficient (Wildman–Crippen LogP) is 3.75. The van der Waals surface area contributed by atoms with Gasteiger partial charge in [0.05, 0.1) is 0 Å². The van der Waals surface area contributed by atoms with E-state index in [0.717, 1.165) is 16.8 Å². The van der Waals surface area contributed by atoms with E-state index in [9.17, 15) is 4.79 Å². The summed E-state index contributed by atoms with van der Waals surface area (Å²) in [7, 11) is 0. The first-order valence-electron chi connectivity index (χ1n) is 7.00. The third kappa shape index (κ3) is 2.83. The molecule has 0 amide bonds. The van der Waals surface area contributed by atoms with Crippen LogP contribution in [0.5, 0.6) is 0 Å². The second-order valence-corrected chi connectivity index (χ2v) is 5.15. The van der Waals surface area contributed by atoms with Crippen molar-refractivity contribution in [2.24, 2.45) is 0 Å². The lowest BCUT2D eigenvalue weighted by Crippen LogP contribution is -2.01. The van der Waals surface area contributed by atoms with Crippen LogP contribution in [0, 0.1) is 0 Å².